The van der Waals surface area contributed by atoms with Crippen molar-refractivity contribution in [2.75, 3.05) is 6.54 Å². The number of amides is 1. The molecule has 0 saturated carbocycles. The Balaban J connectivity index is 2.62. The van der Waals surface area contributed by atoms with Crippen molar-refractivity contribution in [1.82, 2.24) is 5.32 Å². The minimum atomic E-state index is -0.751. The Labute approximate surface area is 104 Å². The molecule has 1 rings (SSSR count). The van der Waals surface area contributed by atoms with E-state index in [0.717, 1.165) is 6.07 Å². The summed E-state index contributed by atoms with van der Waals surface area (Å²) in [4.78, 5) is 10.6. The van der Waals surface area contributed by atoms with Crippen molar-refractivity contribution in [3.63, 3.8) is 0 Å². The molecule has 17 heavy (non-hydrogen) atoms. The van der Waals surface area contributed by atoms with Crippen molar-refractivity contribution in [2.45, 2.75) is 13.3 Å². The van der Waals surface area contributed by atoms with Gasteiger partial charge in [-0.15, -0.1) is 0 Å². The molecule has 1 aromatic carbocycles. The molecular weight excluding hydrogens is 245 g/mol. The second kappa shape index (κ2) is 6.25. The van der Waals surface area contributed by atoms with E-state index in [-0.39, 0.29) is 10.9 Å². The van der Waals surface area contributed by atoms with Crippen LogP contribution in [0, 0.1) is 5.82 Å². The van der Waals surface area contributed by atoms with Crippen LogP contribution in [0.2, 0.25) is 5.02 Å². The van der Waals surface area contributed by atoms with Crippen LogP contribution < -0.4 is 5.32 Å². The van der Waals surface area contributed by atoms with E-state index >= 15 is 0 Å². The Morgan fingerprint density at radius 2 is 2.29 bits per heavy atom. The summed E-state index contributed by atoms with van der Waals surface area (Å²) in [5, 5.41) is 12.3. The van der Waals surface area contributed by atoms with Crippen LogP contribution in [0.1, 0.15) is 18.9 Å². The zero-order chi connectivity index (χ0) is 12.8. The molecule has 3 nitrogen and oxygen atoms in total. The molecule has 0 aliphatic heterocycles. The molecule has 0 aromatic heterocycles. The average molecular weight is 258 g/mol. The Kier molecular flexibility index (Phi) is 4.97. The van der Waals surface area contributed by atoms with Crippen molar-refractivity contribution in [1.29, 1.82) is 0 Å². The Hall–Kier alpha value is -1.55. The summed E-state index contributed by atoms with van der Waals surface area (Å²) in [7, 11) is 0. The molecule has 5 heteroatoms. The third-order valence-electron chi connectivity index (χ3n) is 2.04. The van der Waals surface area contributed by atoms with E-state index in [9.17, 15) is 14.3 Å². The maximum absolute atomic E-state index is 13.1. The third kappa shape index (κ3) is 4.44. The molecule has 0 aliphatic carbocycles. The van der Waals surface area contributed by atoms with Crippen LogP contribution in [0.15, 0.2) is 18.2 Å². The maximum atomic E-state index is 13.1. The van der Waals surface area contributed by atoms with Gasteiger partial charge in [-0.25, -0.2) is 4.39 Å². The first-order valence-electron chi connectivity index (χ1n) is 5.09. The van der Waals surface area contributed by atoms with Crippen molar-refractivity contribution in [2.24, 2.45) is 0 Å². The molecule has 0 unspecified atom stereocenters. The number of rotatable bonds is 4. The standard InChI is InChI=1S/C12H13ClFNO2/c1-8(16)15-5-3-2-4-9-6-10(13)7-11(14)12(9)17/h2,4,6-7,17H,3,5H2,1H3,(H,15,16). The van der Waals surface area contributed by atoms with Gasteiger partial charge in [-0.3, -0.25) is 4.79 Å². The van der Waals surface area contributed by atoms with Crippen molar-refractivity contribution in [3.05, 3.63) is 34.6 Å². The van der Waals surface area contributed by atoms with Gasteiger partial charge in [0.1, 0.15) is 0 Å². The summed E-state index contributed by atoms with van der Waals surface area (Å²) >= 11 is 5.66. The number of hydrogen-bond donors (Lipinski definition) is 2. The van der Waals surface area contributed by atoms with Crippen molar-refractivity contribution < 1.29 is 14.3 Å². The van der Waals surface area contributed by atoms with Gasteiger partial charge in [-0.1, -0.05) is 23.8 Å². The summed E-state index contributed by atoms with van der Waals surface area (Å²) in [6, 6.07) is 2.51. The highest BCUT2D eigenvalue weighted by Crippen LogP contribution is 2.26. The van der Waals surface area contributed by atoms with E-state index in [1.54, 1.807) is 12.2 Å². The number of halogens is 2. The maximum Gasteiger partial charge on any atom is 0.216 e. The highest BCUT2D eigenvalue weighted by atomic mass is 35.5. The number of hydrogen-bond acceptors (Lipinski definition) is 2. The number of phenolic OH excluding ortho intramolecular Hbond substituents is 1. The molecular formula is C12H13ClFNO2. The van der Waals surface area contributed by atoms with Crippen LogP contribution >= 0.6 is 11.6 Å². The summed E-state index contributed by atoms with van der Waals surface area (Å²) in [6.07, 6.45) is 3.88. The van der Waals surface area contributed by atoms with E-state index in [0.29, 0.717) is 18.5 Å². The first-order valence-corrected chi connectivity index (χ1v) is 5.47. The van der Waals surface area contributed by atoms with Gasteiger partial charge in [0.15, 0.2) is 11.6 Å². The first-order chi connectivity index (χ1) is 8.00. The van der Waals surface area contributed by atoms with E-state index in [4.69, 9.17) is 11.6 Å². The largest absolute Gasteiger partial charge is 0.504 e. The Bertz CT molecular complexity index is 446. The van der Waals surface area contributed by atoms with E-state index in [1.165, 1.54) is 13.0 Å². The summed E-state index contributed by atoms with van der Waals surface area (Å²) < 4.78 is 13.1. The van der Waals surface area contributed by atoms with Gasteiger partial charge in [0.2, 0.25) is 5.91 Å². The normalized spacial score (nSPS) is 10.8. The lowest BCUT2D eigenvalue weighted by Gasteiger charge is -2.02. The van der Waals surface area contributed by atoms with Gasteiger partial charge < -0.3 is 10.4 Å². The molecule has 2 N–H and O–H groups in total. The Morgan fingerprint density at radius 3 is 2.94 bits per heavy atom. The van der Waals surface area contributed by atoms with Crippen LogP contribution in [0.3, 0.4) is 0 Å². The highest BCUT2D eigenvalue weighted by Gasteiger charge is 2.06. The van der Waals surface area contributed by atoms with Crippen LogP contribution in [-0.2, 0) is 4.79 Å². The fourth-order valence-corrected chi connectivity index (χ4v) is 1.47. The summed E-state index contributed by atoms with van der Waals surface area (Å²) in [5.74, 6) is -1.28. The first kappa shape index (κ1) is 13.5. The highest BCUT2D eigenvalue weighted by molar-refractivity contribution is 6.30. The zero-order valence-corrected chi connectivity index (χ0v) is 10.1. The SMILES string of the molecule is CC(=O)NCCC=Cc1cc(Cl)cc(F)c1O. The van der Waals surface area contributed by atoms with Crippen LogP contribution in [0.5, 0.6) is 5.75 Å². The number of benzene rings is 1. The summed E-state index contributed by atoms with van der Waals surface area (Å²) in [6.45, 7) is 1.93. The fourth-order valence-electron chi connectivity index (χ4n) is 1.25. The minimum Gasteiger partial charge on any atom is -0.504 e. The predicted octanol–water partition coefficient (Wildman–Crippen LogP) is 2.72. The van der Waals surface area contributed by atoms with Gasteiger partial charge in [-0.05, 0) is 18.6 Å². The topological polar surface area (TPSA) is 49.3 Å². The van der Waals surface area contributed by atoms with E-state index < -0.39 is 11.6 Å². The molecule has 0 bridgehead atoms. The number of phenols is 1. The van der Waals surface area contributed by atoms with Gasteiger partial charge in [0.05, 0.1) is 0 Å². The number of carbonyl (C=O) groups excluding carboxylic acids is 1. The number of carbonyl (C=O) groups is 1. The predicted molar refractivity (Wildman–Crippen MR) is 65.4 cm³/mol. The minimum absolute atomic E-state index is 0.102. The Morgan fingerprint density at radius 1 is 1.59 bits per heavy atom. The lowest BCUT2D eigenvalue weighted by Crippen LogP contribution is -2.20. The zero-order valence-electron chi connectivity index (χ0n) is 9.34. The lowest BCUT2D eigenvalue weighted by atomic mass is 10.1. The van der Waals surface area contributed by atoms with Crippen molar-refractivity contribution in [3.8, 4) is 5.75 Å². The molecule has 0 radical (unpaired) electrons. The molecule has 92 valence electrons. The molecule has 0 aliphatic rings. The van der Waals surface area contributed by atoms with Gasteiger partial charge in [-0.2, -0.15) is 0 Å². The molecule has 0 atom stereocenters. The smallest absolute Gasteiger partial charge is 0.216 e. The second-order valence-corrected chi connectivity index (χ2v) is 3.94. The number of nitrogens with one attached hydrogen (secondary N) is 1. The van der Waals surface area contributed by atoms with Crippen molar-refractivity contribution >= 4 is 23.6 Å². The average Bonchev–Trinajstić information content (AvgIpc) is 2.23. The van der Waals surface area contributed by atoms with E-state index in [1.807, 2.05) is 0 Å². The van der Waals surface area contributed by atoms with Gasteiger partial charge >= 0.3 is 0 Å². The fraction of sp³-hybridized carbons (Fsp3) is 0.250. The summed E-state index contributed by atoms with van der Waals surface area (Å²) in [5.41, 5.74) is 0.317. The van der Waals surface area contributed by atoms with Gasteiger partial charge in [0, 0.05) is 24.1 Å². The molecule has 0 heterocycles. The van der Waals surface area contributed by atoms with Gasteiger partial charge in [0.25, 0.3) is 0 Å². The quantitative estimate of drug-likeness (QED) is 0.815. The van der Waals surface area contributed by atoms with E-state index in [2.05, 4.69) is 5.32 Å². The molecule has 1 aromatic rings. The number of aromatic hydroxyl groups is 1. The molecule has 1 amide bonds. The monoisotopic (exact) mass is 257 g/mol. The molecule has 0 spiro atoms. The third-order valence-corrected chi connectivity index (χ3v) is 2.26. The van der Waals surface area contributed by atoms with Crippen LogP contribution in [0.4, 0.5) is 4.39 Å². The molecule has 0 fully saturated rings. The van der Waals surface area contributed by atoms with Crippen LogP contribution in [-0.4, -0.2) is 17.6 Å². The van der Waals surface area contributed by atoms with Crippen LogP contribution in [0.25, 0.3) is 6.08 Å². The lowest BCUT2D eigenvalue weighted by molar-refractivity contribution is -0.118. The molecule has 0 saturated heterocycles. The second-order valence-electron chi connectivity index (χ2n) is 3.50.